The van der Waals surface area contributed by atoms with Gasteiger partial charge in [0.25, 0.3) is 5.69 Å². The Morgan fingerprint density at radius 2 is 2.08 bits per heavy atom. The number of hydrogen-bond acceptors (Lipinski definition) is 3. The standard InChI is InChI=1S/C9H11N2O2/c1-2-7-11(13)9-6-4-3-5-8(9)10-12/h2-7,10,12-13H,1H2/q+1/b11-7+. The highest BCUT2D eigenvalue weighted by molar-refractivity contribution is 5.69. The molecule has 3 N–H and O–H groups in total. The average molecular weight is 179 g/mol. The van der Waals surface area contributed by atoms with E-state index in [-0.39, 0.29) is 0 Å². The summed E-state index contributed by atoms with van der Waals surface area (Å²) >= 11 is 0. The zero-order valence-electron chi connectivity index (χ0n) is 7.01. The van der Waals surface area contributed by atoms with Crippen molar-refractivity contribution in [1.82, 2.24) is 0 Å². The van der Waals surface area contributed by atoms with Crippen LogP contribution in [-0.4, -0.2) is 21.4 Å². The summed E-state index contributed by atoms with van der Waals surface area (Å²) in [4.78, 5) is 0. The lowest BCUT2D eigenvalue weighted by Gasteiger charge is -1.99. The molecular weight excluding hydrogens is 168 g/mol. The smallest absolute Gasteiger partial charge is 0.282 e. The monoisotopic (exact) mass is 179 g/mol. The summed E-state index contributed by atoms with van der Waals surface area (Å²) in [5.74, 6) is 0. The van der Waals surface area contributed by atoms with Crippen molar-refractivity contribution in [2.45, 2.75) is 0 Å². The Morgan fingerprint density at radius 1 is 1.38 bits per heavy atom. The fourth-order valence-electron chi connectivity index (χ4n) is 0.948. The summed E-state index contributed by atoms with van der Waals surface area (Å²) in [5.41, 5.74) is 2.85. The van der Waals surface area contributed by atoms with E-state index in [1.807, 2.05) is 5.48 Å². The Bertz CT molecular complexity index is 334. The third kappa shape index (κ3) is 2.07. The van der Waals surface area contributed by atoms with Crippen LogP contribution in [0.3, 0.4) is 0 Å². The third-order valence-corrected chi connectivity index (χ3v) is 1.52. The molecule has 0 aliphatic heterocycles. The molecule has 1 rings (SSSR count). The van der Waals surface area contributed by atoms with E-state index in [4.69, 9.17) is 5.21 Å². The van der Waals surface area contributed by atoms with E-state index < -0.39 is 0 Å². The quantitative estimate of drug-likeness (QED) is 0.287. The van der Waals surface area contributed by atoms with Gasteiger partial charge in [-0.2, -0.15) is 0 Å². The highest BCUT2D eigenvalue weighted by Crippen LogP contribution is 2.21. The second-order valence-corrected chi connectivity index (χ2v) is 2.36. The number of para-hydroxylation sites is 2. The molecule has 0 unspecified atom stereocenters. The summed E-state index contributed by atoms with van der Waals surface area (Å²) in [7, 11) is 0. The van der Waals surface area contributed by atoms with Crippen molar-refractivity contribution >= 4 is 17.6 Å². The van der Waals surface area contributed by atoms with E-state index >= 15 is 0 Å². The average Bonchev–Trinajstić information content (AvgIpc) is 2.18. The molecule has 0 aliphatic carbocycles. The normalized spacial score (nSPS) is 11.0. The van der Waals surface area contributed by atoms with Crippen molar-refractivity contribution in [3.63, 3.8) is 0 Å². The molecule has 0 spiro atoms. The van der Waals surface area contributed by atoms with Crippen molar-refractivity contribution in [3.05, 3.63) is 36.9 Å². The molecule has 0 aromatic heterocycles. The number of rotatable bonds is 3. The van der Waals surface area contributed by atoms with Crippen molar-refractivity contribution in [1.29, 1.82) is 0 Å². The van der Waals surface area contributed by atoms with Crippen LogP contribution in [0.2, 0.25) is 0 Å². The van der Waals surface area contributed by atoms with Gasteiger partial charge in [0, 0.05) is 10.8 Å². The largest absolute Gasteiger partial charge is 0.291 e. The van der Waals surface area contributed by atoms with Gasteiger partial charge in [-0.25, -0.2) is 0 Å². The lowest BCUT2D eigenvalue weighted by molar-refractivity contribution is -0.708. The van der Waals surface area contributed by atoms with E-state index in [2.05, 4.69) is 6.58 Å². The van der Waals surface area contributed by atoms with E-state index in [1.54, 1.807) is 24.3 Å². The third-order valence-electron chi connectivity index (χ3n) is 1.52. The minimum atomic E-state index is 0.420. The van der Waals surface area contributed by atoms with Gasteiger partial charge in [0.1, 0.15) is 5.69 Å². The van der Waals surface area contributed by atoms with Gasteiger partial charge in [0.05, 0.1) is 0 Å². The first kappa shape index (κ1) is 9.28. The minimum Gasteiger partial charge on any atom is -0.291 e. The number of nitrogens with one attached hydrogen (secondary N) is 1. The molecule has 0 saturated carbocycles. The van der Waals surface area contributed by atoms with Crippen LogP contribution in [0.5, 0.6) is 0 Å². The highest BCUT2D eigenvalue weighted by atomic mass is 16.5. The Labute approximate surface area is 76.0 Å². The van der Waals surface area contributed by atoms with Crippen molar-refractivity contribution in [3.8, 4) is 0 Å². The van der Waals surface area contributed by atoms with E-state index in [0.29, 0.717) is 11.4 Å². The summed E-state index contributed by atoms with van der Waals surface area (Å²) in [5, 5.41) is 18.1. The maximum atomic E-state index is 9.39. The molecule has 4 heteroatoms. The summed E-state index contributed by atoms with van der Waals surface area (Å²) in [6.45, 7) is 3.44. The molecule has 0 radical (unpaired) electrons. The molecule has 1 aromatic carbocycles. The second-order valence-electron chi connectivity index (χ2n) is 2.36. The number of anilines is 1. The number of hydrogen-bond donors (Lipinski definition) is 3. The Kier molecular flexibility index (Phi) is 3.05. The molecule has 0 atom stereocenters. The van der Waals surface area contributed by atoms with Gasteiger partial charge >= 0.3 is 0 Å². The fourth-order valence-corrected chi connectivity index (χ4v) is 0.948. The molecule has 0 amide bonds. The highest BCUT2D eigenvalue weighted by Gasteiger charge is 2.11. The zero-order chi connectivity index (χ0) is 9.68. The molecule has 0 fully saturated rings. The van der Waals surface area contributed by atoms with E-state index in [0.717, 1.165) is 4.74 Å². The van der Waals surface area contributed by atoms with Gasteiger partial charge in [0.15, 0.2) is 0 Å². The molecule has 1 aromatic rings. The van der Waals surface area contributed by atoms with Gasteiger partial charge in [-0.1, -0.05) is 18.7 Å². The number of allylic oxidation sites excluding steroid dienone is 1. The summed E-state index contributed by atoms with van der Waals surface area (Å²) < 4.78 is 0.867. The van der Waals surface area contributed by atoms with Gasteiger partial charge in [-0.3, -0.25) is 15.9 Å². The SMILES string of the molecule is C=C/C=[N+](/O)c1ccccc1NO. The Morgan fingerprint density at radius 3 is 2.69 bits per heavy atom. The molecule has 13 heavy (non-hydrogen) atoms. The summed E-state index contributed by atoms with van der Waals surface area (Å²) in [6.07, 6.45) is 2.81. The van der Waals surface area contributed by atoms with E-state index in [9.17, 15) is 5.21 Å². The van der Waals surface area contributed by atoms with Gasteiger partial charge in [-0.15, -0.1) is 0 Å². The van der Waals surface area contributed by atoms with Crippen LogP contribution in [0.15, 0.2) is 36.9 Å². The van der Waals surface area contributed by atoms with Crippen LogP contribution >= 0.6 is 0 Å². The maximum absolute atomic E-state index is 9.39. The molecule has 0 saturated heterocycles. The van der Waals surface area contributed by atoms with Crippen LogP contribution in [-0.2, 0) is 0 Å². The van der Waals surface area contributed by atoms with Gasteiger partial charge in [0.2, 0.25) is 6.21 Å². The molecule has 4 nitrogen and oxygen atoms in total. The molecule has 0 aliphatic rings. The lowest BCUT2D eigenvalue weighted by Crippen LogP contribution is -2.02. The first-order valence-electron chi connectivity index (χ1n) is 3.72. The van der Waals surface area contributed by atoms with Crippen LogP contribution < -0.4 is 5.48 Å². The van der Waals surface area contributed by atoms with Crippen LogP contribution in [0, 0.1) is 0 Å². The first-order valence-corrected chi connectivity index (χ1v) is 3.72. The van der Waals surface area contributed by atoms with Crippen molar-refractivity contribution < 1.29 is 15.2 Å². The number of nitrogens with zero attached hydrogens (tertiary/aromatic N) is 1. The predicted molar refractivity (Wildman–Crippen MR) is 49.8 cm³/mol. The van der Waals surface area contributed by atoms with Crippen molar-refractivity contribution in [2.75, 3.05) is 5.48 Å². The van der Waals surface area contributed by atoms with Gasteiger partial charge < -0.3 is 0 Å². The zero-order valence-corrected chi connectivity index (χ0v) is 7.01. The van der Waals surface area contributed by atoms with E-state index in [1.165, 1.54) is 12.3 Å². The Hall–Kier alpha value is -1.81. The second kappa shape index (κ2) is 4.27. The molecule has 0 bridgehead atoms. The topological polar surface area (TPSA) is 55.5 Å². The molecule has 68 valence electrons. The fraction of sp³-hybridized carbons (Fsp3) is 0. The predicted octanol–water partition coefficient (Wildman–Crippen LogP) is 1.78. The van der Waals surface area contributed by atoms with Crippen LogP contribution in [0.25, 0.3) is 0 Å². The Balaban J connectivity index is 3.12. The van der Waals surface area contributed by atoms with Crippen LogP contribution in [0.4, 0.5) is 11.4 Å². The first-order chi connectivity index (χ1) is 6.29. The summed E-state index contributed by atoms with van der Waals surface area (Å²) in [6, 6.07) is 6.77. The van der Waals surface area contributed by atoms with Gasteiger partial charge in [-0.05, 0) is 12.1 Å². The minimum absolute atomic E-state index is 0.420. The molecule has 0 heterocycles. The number of benzene rings is 1. The van der Waals surface area contributed by atoms with Crippen molar-refractivity contribution in [2.24, 2.45) is 0 Å². The lowest BCUT2D eigenvalue weighted by atomic mass is 10.3. The van der Waals surface area contributed by atoms with Crippen LogP contribution in [0.1, 0.15) is 0 Å². The molecular formula is C9H11N2O2+. The maximum Gasteiger partial charge on any atom is 0.282 e.